The van der Waals surface area contributed by atoms with Crippen molar-refractivity contribution in [2.45, 2.75) is 10.9 Å². The molecule has 1 aliphatic heterocycles. The highest BCUT2D eigenvalue weighted by molar-refractivity contribution is 8.00. The van der Waals surface area contributed by atoms with Crippen LogP contribution in [-0.2, 0) is 4.79 Å². The number of piperazine rings is 1. The van der Waals surface area contributed by atoms with E-state index in [-0.39, 0.29) is 11.9 Å². The smallest absolute Gasteiger partial charge is 0.233 e. The monoisotopic (exact) mass is 432 g/mol. The van der Waals surface area contributed by atoms with Crippen molar-refractivity contribution in [3.63, 3.8) is 0 Å². The van der Waals surface area contributed by atoms with Gasteiger partial charge >= 0.3 is 0 Å². The second-order valence-corrected chi connectivity index (χ2v) is 8.65. The molecule has 5 heteroatoms. The van der Waals surface area contributed by atoms with Gasteiger partial charge in [-0.25, -0.2) is 0 Å². The summed E-state index contributed by atoms with van der Waals surface area (Å²) < 4.78 is 5.19. The van der Waals surface area contributed by atoms with E-state index >= 15 is 0 Å². The van der Waals surface area contributed by atoms with E-state index in [1.165, 1.54) is 11.1 Å². The van der Waals surface area contributed by atoms with Gasteiger partial charge in [0.1, 0.15) is 5.75 Å². The number of rotatable bonds is 7. The summed E-state index contributed by atoms with van der Waals surface area (Å²) in [6.07, 6.45) is 0. The van der Waals surface area contributed by atoms with Crippen molar-refractivity contribution in [2.24, 2.45) is 0 Å². The van der Waals surface area contributed by atoms with Crippen LogP contribution in [-0.4, -0.2) is 54.7 Å². The summed E-state index contributed by atoms with van der Waals surface area (Å²) in [6, 6.07) is 29.4. The van der Waals surface area contributed by atoms with Gasteiger partial charge in [0, 0.05) is 31.1 Å². The second kappa shape index (κ2) is 10.5. The molecule has 0 spiro atoms. The van der Waals surface area contributed by atoms with Crippen molar-refractivity contribution in [3.05, 3.63) is 96.1 Å². The zero-order chi connectivity index (χ0) is 21.5. The van der Waals surface area contributed by atoms with Crippen LogP contribution in [0.3, 0.4) is 0 Å². The number of thioether (sulfide) groups is 1. The number of hydrogen-bond acceptors (Lipinski definition) is 4. The molecule has 1 heterocycles. The van der Waals surface area contributed by atoms with Crippen molar-refractivity contribution in [1.29, 1.82) is 0 Å². The average molecular weight is 433 g/mol. The van der Waals surface area contributed by atoms with Crippen LogP contribution in [0.5, 0.6) is 5.75 Å². The van der Waals surface area contributed by atoms with Crippen LogP contribution in [0.2, 0.25) is 0 Å². The number of amides is 1. The summed E-state index contributed by atoms with van der Waals surface area (Å²) >= 11 is 1.58. The van der Waals surface area contributed by atoms with E-state index in [9.17, 15) is 4.79 Å². The Morgan fingerprint density at radius 1 is 0.839 bits per heavy atom. The molecular weight excluding hydrogens is 404 g/mol. The van der Waals surface area contributed by atoms with Crippen LogP contribution in [0.25, 0.3) is 0 Å². The molecule has 3 aromatic carbocycles. The normalized spacial score (nSPS) is 14.6. The lowest BCUT2D eigenvalue weighted by Gasteiger charge is -2.39. The maximum Gasteiger partial charge on any atom is 0.233 e. The zero-order valence-corrected chi connectivity index (χ0v) is 18.6. The van der Waals surface area contributed by atoms with E-state index in [1.807, 2.05) is 29.2 Å². The number of carbonyl (C=O) groups is 1. The first kappa shape index (κ1) is 21.5. The highest BCUT2D eigenvalue weighted by Crippen LogP contribution is 2.29. The van der Waals surface area contributed by atoms with Crippen molar-refractivity contribution >= 4 is 17.7 Å². The Morgan fingerprint density at radius 2 is 1.39 bits per heavy atom. The van der Waals surface area contributed by atoms with E-state index in [1.54, 1.807) is 18.9 Å². The van der Waals surface area contributed by atoms with Crippen molar-refractivity contribution < 1.29 is 9.53 Å². The van der Waals surface area contributed by atoms with E-state index < -0.39 is 0 Å². The largest absolute Gasteiger partial charge is 0.497 e. The Kier molecular flexibility index (Phi) is 7.28. The number of ether oxygens (including phenoxy) is 1. The molecule has 0 aliphatic carbocycles. The molecule has 160 valence electrons. The lowest BCUT2D eigenvalue weighted by Crippen LogP contribution is -2.50. The van der Waals surface area contributed by atoms with Crippen molar-refractivity contribution in [1.82, 2.24) is 9.80 Å². The predicted octanol–water partition coefficient (Wildman–Crippen LogP) is 4.72. The van der Waals surface area contributed by atoms with Crippen LogP contribution < -0.4 is 4.74 Å². The number of benzene rings is 3. The third-order valence-electron chi connectivity index (χ3n) is 5.68. The molecule has 1 saturated heterocycles. The third kappa shape index (κ3) is 5.49. The van der Waals surface area contributed by atoms with Gasteiger partial charge in [0.05, 0.1) is 18.9 Å². The van der Waals surface area contributed by atoms with Gasteiger partial charge in [-0.3, -0.25) is 9.69 Å². The van der Waals surface area contributed by atoms with Gasteiger partial charge in [0.15, 0.2) is 0 Å². The molecular formula is C26H28N2O2S. The standard InChI is InChI=1S/C26H28N2O2S/c1-30-23-12-14-24(15-13-23)31-20-25(29)27-16-18-28(19-17-27)26(21-8-4-2-5-9-21)22-10-6-3-7-11-22/h2-15,26H,16-20H2,1H3. The number of carbonyl (C=O) groups excluding carboxylic acids is 1. The van der Waals surface area contributed by atoms with Crippen LogP contribution in [0.15, 0.2) is 89.8 Å². The zero-order valence-electron chi connectivity index (χ0n) is 17.8. The molecule has 31 heavy (non-hydrogen) atoms. The summed E-state index contributed by atoms with van der Waals surface area (Å²) in [5.41, 5.74) is 2.59. The molecule has 0 unspecified atom stereocenters. The molecule has 0 bridgehead atoms. The molecule has 4 nitrogen and oxygen atoms in total. The lowest BCUT2D eigenvalue weighted by atomic mass is 9.96. The van der Waals surface area contributed by atoms with E-state index in [4.69, 9.17) is 4.74 Å². The van der Waals surface area contributed by atoms with Gasteiger partial charge in [-0.15, -0.1) is 11.8 Å². The Bertz CT molecular complexity index is 916. The van der Waals surface area contributed by atoms with E-state index in [0.29, 0.717) is 5.75 Å². The van der Waals surface area contributed by atoms with Gasteiger partial charge in [-0.2, -0.15) is 0 Å². The fraction of sp³-hybridized carbons (Fsp3) is 0.269. The second-order valence-electron chi connectivity index (χ2n) is 7.60. The molecule has 0 atom stereocenters. The van der Waals surface area contributed by atoms with E-state index in [0.717, 1.165) is 36.8 Å². The van der Waals surface area contributed by atoms with Crippen LogP contribution >= 0.6 is 11.8 Å². The molecule has 1 fully saturated rings. The fourth-order valence-corrected chi connectivity index (χ4v) is 4.82. The third-order valence-corrected chi connectivity index (χ3v) is 6.68. The van der Waals surface area contributed by atoms with Crippen molar-refractivity contribution in [3.8, 4) is 5.75 Å². The number of hydrogen-bond donors (Lipinski definition) is 0. The Labute approximate surface area is 188 Å². The summed E-state index contributed by atoms with van der Waals surface area (Å²) in [5, 5.41) is 0. The first-order chi connectivity index (χ1) is 15.2. The summed E-state index contributed by atoms with van der Waals surface area (Å²) in [4.78, 5) is 18.3. The molecule has 3 aromatic rings. The fourth-order valence-electron chi connectivity index (χ4n) is 4.02. The van der Waals surface area contributed by atoms with Crippen LogP contribution in [0.1, 0.15) is 17.2 Å². The molecule has 0 N–H and O–H groups in total. The Morgan fingerprint density at radius 3 is 1.90 bits per heavy atom. The van der Waals surface area contributed by atoms with Crippen molar-refractivity contribution in [2.75, 3.05) is 39.0 Å². The van der Waals surface area contributed by atoms with Gasteiger partial charge in [-0.1, -0.05) is 60.7 Å². The minimum Gasteiger partial charge on any atom is -0.497 e. The van der Waals surface area contributed by atoms with Crippen LogP contribution in [0.4, 0.5) is 0 Å². The minimum absolute atomic E-state index is 0.205. The molecule has 0 aromatic heterocycles. The maximum absolute atomic E-state index is 12.8. The van der Waals surface area contributed by atoms with Gasteiger partial charge < -0.3 is 9.64 Å². The van der Waals surface area contributed by atoms with Gasteiger partial charge in [0.25, 0.3) is 0 Å². The summed E-state index contributed by atoms with van der Waals surface area (Å²) in [6.45, 7) is 3.26. The molecule has 1 amide bonds. The highest BCUT2D eigenvalue weighted by Gasteiger charge is 2.28. The van der Waals surface area contributed by atoms with E-state index in [2.05, 4.69) is 65.6 Å². The average Bonchev–Trinajstić information content (AvgIpc) is 2.85. The molecule has 0 radical (unpaired) electrons. The SMILES string of the molecule is COc1ccc(SCC(=O)N2CCN(C(c3ccccc3)c3ccccc3)CC2)cc1. The maximum atomic E-state index is 12.8. The lowest BCUT2D eigenvalue weighted by molar-refractivity contribution is -0.130. The summed E-state index contributed by atoms with van der Waals surface area (Å²) in [5.74, 6) is 1.50. The topological polar surface area (TPSA) is 32.8 Å². The van der Waals surface area contributed by atoms with Gasteiger partial charge in [0.2, 0.25) is 5.91 Å². The minimum atomic E-state index is 0.205. The van der Waals surface area contributed by atoms with Crippen LogP contribution in [0, 0.1) is 0 Å². The first-order valence-electron chi connectivity index (χ1n) is 10.6. The first-order valence-corrected chi connectivity index (χ1v) is 11.6. The predicted molar refractivity (Wildman–Crippen MR) is 127 cm³/mol. The highest BCUT2D eigenvalue weighted by atomic mass is 32.2. The Hall–Kier alpha value is -2.76. The number of nitrogens with zero attached hydrogens (tertiary/aromatic N) is 2. The summed E-state index contributed by atoms with van der Waals surface area (Å²) in [7, 11) is 1.66. The Balaban J connectivity index is 1.36. The van der Waals surface area contributed by atoms with Gasteiger partial charge in [-0.05, 0) is 35.4 Å². The molecule has 4 rings (SSSR count). The molecule has 0 saturated carbocycles. The molecule has 1 aliphatic rings. The number of methoxy groups -OCH3 is 1. The quantitative estimate of drug-likeness (QED) is 0.506.